The maximum absolute atomic E-state index is 14.2. The minimum Gasteiger partial charge on any atom is -0.490 e. The van der Waals surface area contributed by atoms with Gasteiger partial charge in [-0.3, -0.25) is 9.59 Å². The number of anilines is 1. The number of benzene rings is 2. The molecule has 1 spiro atoms. The molecule has 6 rings (SSSR count). The van der Waals surface area contributed by atoms with E-state index in [2.05, 4.69) is 58.4 Å². The summed E-state index contributed by atoms with van der Waals surface area (Å²) in [5.41, 5.74) is 4.71. The van der Waals surface area contributed by atoms with E-state index < -0.39 is 21.4 Å². The topological polar surface area (TPSA) is 85.3 Å². The number of Topliss-reactive ketones (excluding diaryl/α,β-unsaturated/α-hetero) is 1. The molecular weight excluding hydrogens is 621 g/mol. The van der Waals surface area contributed by atoms with Crippen molar-refractivity contribution in [2.24, 2.45) is 21.6 Å². The second-order valence-corrected chi connectivity index (χ2v) is 17.8. The number of ether oxygens (including phenoxy) is 2. The first kappa shape index (κ1) is 34.5. The van der Waals surface area contributed by atoms with Crippen molar-refractivity contribution in [1.82, 2.24) is 0 Å². The van der Waals surface area contributed by atoms with Crippen molar-refractivity contribution in [2.75, 3.05) is 43.2 Å². The van der Waals surface area contributed by atoms with Crippen molar-refractivity contribution in [3.63, 3.8) is 0 Å². The molecule has 1 saturated carbocycles. The second-order valence-electron chi connectivity index (χ2n) is 15.4. The van der Waals surface area contributed by atoms with Crippen LogP contribution in [0.1, 0.15) is 86.3 Å². The summed E-state index contributed by atoms with van der Waals surface area (Å²) in [6, 6.07) is 12.3. The van der Waals surface area contributed by atoms with Crippen LogP contribution in [-0.2, 0) is 31.1 Å². The van der Waals surface area contributed by atoms with E-state index in [0.29, 0.717) is 36.8 Å². The molecule has 0 aromatic heterocycles. The van der Waals surface area contributed by atoms with Crippen molar-refractivity contribution in [2.45, 2.75) is 84.2 Å². The molecule has 48 heavy (non-hydrogen) atoms. The zero-order chi connectivity index (χ0) is 34.1. The SMILES string of the molecule is CO[C@H]1/C=C/CCC[S@@](=O)(CC(=O)C#CC(C)(C)C)=NC(=O)c2ccc3c(c2)N(C[C@@H]2CC[C@H]21)C[C@@]1(CCCc2cc(C)ccc21)CO3. The predicted molar refractivity (Wildman–Crippen MR) is 192 cm³/mol. The molecule has 0 unspecified atom stereocenters. The number of fused-ring (bicyclic) bond motifs is 4. The molecule has 2 aromatic carbocycles. The van der Waals surface area contributed by atoms with Crippen LogP contribution in [0.15, 0.2) is 52.9 Å². The second kappa shape index (κ2) is 13.8. The lowest BCUT2D eigenvalue weighted by molar-refractivity contribution is -0.111. The molecule has 7 nitrogen and oxygen atoms in total. The molecule has 2 heterocycles. The van der Waals surface area contributed by atoms with Crippen molar-refractivity contribution in [1.29, 1.82) is 0 Å². The molecule has 2 aromatic rings. The number of methoxy groups -OCH3 is 1. The maximum atomic E-state index is 14.2. The Morgan fingerprint density at radius 2 is 2.00 bits per heavy atom. The first-order chi connectivity index (χ1) is 22.9. The van der Waals surface area contributed by atoms with E-state index >= 15 is 0 Å². The number of hydrogen-bond donors (Lipinski definition) is 0. The molecule has 0 saturated heterocycles. The van der Waals surface area contributed by atoms with Crippen LogP contribution in [0.3, 0.4) is 0 Å². The summed E-state index contributed by atoms with van der Waals surface area (Å²) < 4.78 is 31.2. The van der Waals surface area contributed by atoms with Crippen molar-refractivity contribution < 1.29 is 23.3 Å². The summed E-state index contributed by atoms with van der Waals surface area (Å²) in [5.74, 6) is 5.88. The van der Waals surface area contributed by atoms with Crippen LogP contribution in [0, 0.1) is 36.0 Å². The van der Waals surface area contributed by atoms with Gasteiger partial charge in [-0.25, -0.2) is 4.21 Å². The summed E-state index contributed by atoms with van der Waals surface area (Å²) in [4.78, 5) is 29.2. The van der Waals surface area contributed by atoms with Gasteiger partial charge in [-0.05, 0) is 120 Å². The van der Waals surface area contributed by atoms with Crippen LogP contribution in [0.4, 0.5) is 5.69 Å². The lowest BCUT2D eigenvalue weighted by Crippen LogP contribution is -2.49. The summed E-state index contributed by atoms with van der Waals surface area (Å²) in [6.07, 6.45) is 10.8. The first-order valence-corrected chi connectivity index (χ1v) is 19.4. The van der Waals surface area contributed by atoms with Gasteiger partial charge in [-0.2, -0.15) is 4.36 Å². The molecule has 8 heteroatoms. The summed E-state index contributed by atoms with van der Waals surface area (Å²) in [5, 5.41) is 0. The fourth-order valence-corrected chi connectivity index (χ4v) is 9.66. The third-order valence-electron chi connectivity index (χ3n) is 10.4. The molecule has 2 aliphatic carbocycles. The monoisotopic (exact) mass is 670 g/mol. The van der Waals surface area contributed by atoms with Gasteiger partial charge in [0.05, 0.1) is 28.1 Å². The Balaban J connectivity index is 1.41. The molecule has 1 fully saturated rings. The lowest BCUT2D eigenvalue weighted by atomic mass is 9.68. The molecule has 4 aliphatic rings. The molecule has 2 bridgehead atoms. The molecule has 256 valence electrons. The van der Waals surface area contributed by atoms with E-state index in [1.807, 2.05) is 32.9 Å². The Morgan fingerprint density at radius 1 is 1.17 bits per heavy atom. The van der Waals surface area contributed by atoms with Gasteiger partial charge in [0.1, 0.15) is 11.5 Å². The highest BCUT2D eigenvalue weighted by Gasteiger charge is 2.44. The predicted octanol–water partition coefficient (Wildman–Crippen LogP) is 7.09. The average molecular weight is 671 g/mol. The van der Waals surface area contributed by atoms with Crippen LogP contribution in [0.2, 0.25) is 0 Å². The molecule has 0 radical (unpaired) electrons. The van der Waals surface area contributed by atoms with Gasteiger partial charge in [0.25, 0.3) is 5.91 Å². The smallest absolute Gasteiger partial charge is 0.285 e. The third-order valence-corrected chi connectivity index (χ3v) is 12.6. The van der Waals surface area contributed by atoms with E-state index in [1.54, 1.807) is 13.2 Å². The largest absolute Gasteiger partial charge is 0.490 e. The van der Waals surface area contributed by atoms with E-state index in [-0.39, 0.29) is 28.4 Å². The zero-order valence-corrected chi connectivity index (χ0v) is 30.0. The average Bonchev–Trinajstić information content (AvgIpc) is 3.17. The van der Waals surface area contributed by atoms with E-state index in [0.717, 1.165) is 56.6 Å². The van der Waals surface area contributed by atoms with E-state index in [1.165, 1.54) is 16.7 Å². The van der Waals surface area contributed by atoms with Gasteiger partial charge in [-0.15, -0.1) is 0 Å². The quantitative estimate of drug-likeness (QED) is 0.197. The van der Waals surface area contributed by atoms with Gasteiger partial charge in [0.15, 0.2) is 0 Å². The Labute approximate surface area is 287 Å². The number of carbonyl (C=O) groups excluding carboxylic acids is 2. The van der Waals surface area contributed by atoms with Gasteiger partial charge in [0, 0.05) is 42.3 Å². The Hall–Kier alpha value is -3.41. The van der Waals surface area contributed by atoms with Crippen LogP contribution in [0.25, 0.3) is 0 Å². The number of allylic oxidation sites excluding steroid dienone is 1. The fraction of sp³-hybridized carbons (Fsp3) is 0.550. The zero-order valence-electron chi connectivity index (χ0n) is 29.2. The molecule has 1 amide bonds. The Kier molecular flexibility index (Phi) is 9.93. The first-order valence-electron chi connectivity index (χ1n) is 17.5. The summed E-state index contributed by atoms with van der Waals surface area (Å²) >= 11 is 0. The van der Waals surface area contributed by atoms with Crippen LogP contribution in [-0.4, -0.2) is 60.3 Å². The highest BCUT2D eigenvalue weighted by atomic mass is 32.2. The normalized spacial score (nSPS) is 29.5. The third kappa shape index (κ3) is 7.58. The Bertz CT molecular complexity index is 1790. The van der Waals surface area contributed by atoms with Crippen LogP contribution in [0.5, 0.6) is 5.75 Å². The number of carbonyl (C=O) groups is 2. The lowest BCUT2D eigenvalue weighted by Gasteiger charge is -2.46. The minimum atomic E-state index is -3.20. The highest BCUT2D eigenvalue weighted by Crippen LogP contribution is 2.46. The molecule has 5 atom stereocenters. The maximum Gasteiger partial charge on any atom is 0.285 e. The number of rotatable bonds is 3. The number of amides is 1. The van der Waals surface area contributed by atoms with Gasteiger partial charge < -0.3 is 14.4 Å². The van der Waals surface area contributed by atoms with Crippen LogP contribution >= 0.6 is 0 Å². The van der Waals surface area contributed by atoms with Crippen molar-refractivity contribution >= 4 is 27.1 Å². The van der Waals surface area contributed by atoms with Crippen molar-refractivity contribution in [3.8, 4) is 17.6 Å². The van der Waals surface area contributed by atoms with Crippen molar-refractivity contribution in [3.05, 3.63) is 70.8 Å². The molecule has 0 N–H and O–H groups in total. The van der Waals surface area contributed by atoms with E-state index in [9.17, 15) is 13.8 Å². The van der Waals surface area contributed by atoms with Gasteiger partial charge in [-0.1, -0.05) is 41.8 Å². The standard InChI is InChI=1S/C40H50N2O5S/c1-28-12-16-34-29(22-28)10-9-19-40(34)26-42-24-31-13-15-33(31)36(46-5)11-7-6-8-21-48(45,25-32(43)18-20-39(2,3)4)41-38(44)30-14-17-37(47-27-40)35(42)23-30/h7,11-12,14,16-17,22-23,31,33,36H,6,8-10,13,15,19,21,24-27H2,1-5H3/b11-7+/t31-,33+,36-,40-,48+/m0/s1. The van der Waals surface area contributed by atoms with E-state index in [4.69, 9.17) is 9.47 Å². The number of hydrogen-bond acceptors (Lipinski definition) is 6. The van der Waals surface area contributed by atoms with Gasteiger partial charge >= 0.3 is 0 Å². The van der Waals surface area contributed by atoms with Gasteiger partial charge in [0.2, 0.25) is 5.78 Å². The number of nitrogens with zero attached hydrogens (tertiary/aromatic N) is 2. The number of aryl methyl sites for hydroxylation is 2. The fourth-order valence-electron chi connectivity index (χ4n) is 7.85. The molecule has 2 aliphatic heterocycles. The molecular formula is C40H50N2O5S. The summed E-state index contributed by atoms with van der Waals surface area (Å²) in [7, 11) is -1.42. The summed E-state index contributed by atoms with van der Waals surface area (Å²) in [6.45, 7) is 10.1. The minimum absolute atomic E-state index is 0.0112. The Morgan fingerprint density at radius 3 is 2.75 bits per heavy atom. The number of ketones is 1. The van der Waals surface area contributed by atoms with Crippen LogP contribution < -0.4 is 9.64 Å². The highest BCUT2D eigenvalue weighted by molar-refractivity contribution is 7.94.